The van der Waals surface area contributed by atoms with Crippen molar-refractivity contribution in [1.29, 1.82) is 0 Å². The summed E-state index contributed by atoms with van der Waals surface area (Å²) in [4.78, 5) is 11.8. The van der Waals surface area contributed by atoms with Crippen molar-refractivity contribution >= 4 is 5.91 Å². The Labute approximate surface area is 96.6 Å². The molecule has 0 aliphatic rings. The van der Waals surface area contributed by atoms with E-state index in [0.717, 1.165) is 0 Å². The Balaban J connectivity index is 4.39. The van der Waals surface area contributed by atoms with Crippen LogP contribution in [-0.4, -0.2) is 42.9 Å². The first-order valence-corrected chi connectivity index (χ1v) is 5.69. The second-order valence-electron chi connectivity index (χ2n) is 4.26. The predicted molar refractivity (Wildman–Crippen MR) is 61.9 cm³/mol. The highest BCUT2D eigenvalue weighted by molar-refractivity contribution is 5.82. The van der Waals surface area contributed by atoms with Crippen LogP contribution >= 0.6 is 0 Å². The summed E-state index contributed by atoms with van der Waals surface area (Å²) in [6.07, 6.45) is -0.621. The zero-order valence-electron chi connectivity index (χ0n) is 10.5. The minimum Gasteiger partial charge on any atom is -0.388 e. The Hall–Kier alpha value is -0.680. The van der Waals surface area contributed by atoms with E-state index in [-0.39, 0.29) is 17.9 Å². The van der Waals surface area contributed by atoms with E-state index in [1.807, 2.05) is 13.8 Å². The van der Waals surface area contributed by atoms with Crippen LogP contribution in [0.4, 0.5) is 4.39 Å². The van der Waals surface area contributed by atoms with Gasteiger partial charge in [0.05, 0.1) is 12.1 Å². The van der Waals surface area contributed by atoms with E-state index in [1.54, 1.807) is 14.0 Å². The Morgan fingerprint density at radius 3 is 2.31 bits per heavy atom. The lowest BCUT2D eigenvalue weighted by Gasteiger charge is -2.25. The lowest BCUT2D eigenvalue weighted by Crippen LogP contribution is -2.52. The summed E-state index contributed by atoms with van der Waals surface area (Å²) < 4.78 is 12.3. The zero-order valence-corrected chi connectivity index (χ0v) is 10.5. The van der Waals surface area contributed by atoms with Crippen LogP contribution in [0.25, 0.3) is 0 Å². The molecule has 0 aliphatic heterocycles. The van der Waals surface area contributed by atoms with Crippen molar-refractivity contribution in [3.05, 3.63) is 0 Å². The first kappa shape index (κ1) is 15.3. The minimum atomic E-state index is -1.13. The molecule has 0 aromatic carbocycles. The number of carbonyl (C=O) groups is 1. The van der Waals surface area contributed by atoms with Crippen molar-refractivity contribution in [2.75, 3.05) is 13.7 Å². The fourth-order valence-corrected chi connectivity index (χ4v) is 1.62. The van der Waals surface area contributed by atoms with Crippen LogP contribution in [-0.2, 0) is 4.79 Å². The smallest absolute Gasteiger partial charge is 0.237 e. The minimum absolute atomic E-state index is 0.144. The molecule has 0 spiro atoms. The lowest BCUT2D eigenvalue weighted by atomic mass is 10.0. The number of alkyl halides is 1. The molecule has 0 heterocycles. The molecule has 0 aliphatic carbocycles. The molecule has 96 valence electrons. The first-order valence-electron chi connectivity index (χ1n) is 5.69. The van der Waals surface area contributed by atoms with Gasteiger partial charge in [0.2, 0.25) is 5.91 Å². The van der Waals surface area contributed by atoms with E-state index in [4.69, 9.17) is 0 Å². The standard InChI is InChI=1S/C11H23FN2O2/c1-5-8(9(15)6-12)14-11(16)10(13-4)7(2)3/h7-10,13,15H,5-6H2,1-4H3,(H,14,16). The first-order chi connectivity index (χ1) is 7.47. The van der Waals surface area contributed by atoms with Crippen molar-refractivity contribution in [3.8, 4) is 0 Å². The Morgan fingerprint density at radius 1 is 1.44 bits per heavy atom. The van der Waals surface area contributed by atoms with Crippen molar-refractivity contribution in [2.45, 2.75) is 45.4 Å². The molecular formula is C11H23FN2O2. The van der Waals surface area contributed by atoms with Gasteiger partial charge in [-0.05, 0) is 19.4 Å². The summed E-state index contributed by atoms with van der Waals surface area (Å²) in [5, 5.41) is 14.9. The second-order valence-corrected chi connectivity index (χ2v) is 4.26. The fraction of sp³-hybridized carbons (Fsp3) is 0.909. The molecule has 0 radical (unpaired) electrons. The summed E-state index contributed by atoms with van der Waals surface area (Å²) >= 11 is 0. The Kier molecular flexibility index (Phi) is 7.25. The average molecular weight is 234 g/mol. The van der Waals surface area contributed by atoms with Crippen molar-refractivity contribution in [3.63, 3.8) is 0 Å². The monoisotopic (exact) mass is 234 g/mol. The topological polar surface area (TPSA) is 61.4 Å². The number of halogens is 1. The van der Waals surface area contributed by atoms with E-state index in [9.17, 15) is 14.3 Å². The fourth-order valence-electron chi connectivity index (χ4n) is 1.62. The highest BCUT2D eigenvalue weighted by Gasteiger charge is 2.25. The molecule has 3 unspecified atom stereocenters. The molecule has 0 saturated carbocycles. The third-order valence-electron chi connectivity index (χ3n) is 2.65. The number of amides is 1. The third kappa shape index (κ3) is 4.45. The van der Waals surface area contributed by atoms with Gasteiger partial charge in [0, 0.05) is 0 Å². The summed E-state index contributed by atoms with van der Waals surface area (Å²) in [7, 11) is 1.71. The number of likely N-dealkylation sites (N-methyl/N-ethyl adjacent to an activating group) is 1. The molecule has 0 aromatic rings. The van der Waals surface area contributed by atoms with E-state index < -0.39 is 18.8 Å². The van der Waals surface area contributed by atoms with Gasteiger partial charge in [-0.2, -0.15) is 0 Å². The molecule has 3 N–H and O–H groups in total. The molecule has 3 atom stereocenters. The molecule has 0 aromatic heterocycles. The number of carbonyl (C=O) groups excluding carboxylic acids is 1. The maximum atomic E-state index is 12.3. The third-order valence-corrected chi connectivity index (χ3v) is 2.65. The number of aliphatic hydroxyl groups is 1. The normalized spacial score (nSPS) is 16.9. The van der Waals surface area contributed by atoms with Gasteiger partial charge in [-0.15, -0.1) is 0 Å². The van der Waals surface area contributed by atoms with Crippen LogP contribution in [0.15, 0.2) is 0 Å². The molecule has 1 amide bonds. The van der Waals surface area contributed by atoms with Crippen LogP contribution < -0.4 is 10.6 Å². The summed E-state index contributed by atoms with van der Waals surface area (Å²) in [6, 6.07) is -0.840. The van der Waals surface area contributed by atoms with Gasteiger partial charge in [-0.25, -0.2) is 4.39 Å². The second kappa shape index (κ2) is 7.57. The highest BCUT2D eigenvalue weighted by Crippen LogP contribution is 2.04. The Bertz CT molecular complexity index is 212. The van der Waals surface area contributed by atoms with Gasteiger partial charge in [-0.1, -0.05) is 20.8 Å². The predicted octanol–water partition coefficient (Wildman–Crippen LogP) is 0.456. The molecule has 5 heteroatoms. The highest BCUT2D eigenvalue weighted by atomic mass is 19.1. The number of aliphatic hydroxyl groups excluding tert-OH is 1. The van der Waals surface area contributed by atoms with Gasteiger partial charge in [0.25, 0.3) is 0 Å². The number of hydrogen-bond acceptors (Lipinski definition) is 3. The quantitative estimate of drug-likeness (QED) is 0.599. The average Bonchev–Trinajstić information content (AvgIpc) is 2.25. The molecule has 16 heavy (non-hydrogen) atoms. The van der Waals surface area contributed by atoms with Crippen molar-refractivity contribution in [1.82, 2.24) is 10.6 Å². The molecule has 0 rings (SSSR count). The maximum Gasteiger partial charge on any atom is 0.237 e. The van der Waals surface area contributed by atoms with Crippen LogP contribution in [0, 0.1) is 5.92 Å². The molecule has 4 nitrogen and oxygen atoms in total. The van der Waals surface area contributed by atoms with Gasteiger partial charge < -0.3 is 15.7 Å². The number of nitrogens with one attached hydrogen (secondary N) is 2. The number of hydrogen-bond donors (Lipinski definition) is 3. The molecule has 0 saturated heterocycles. The van der Waals surface area contributed by atoms with Gasteiger partial charge >= 0.3 is 0 Å². The molecular weight excluding hydrogens is 211 g/mol. The summed E-state index contributed by atoms with van der Waals surface area (Å²) in [5.41, 5.74) is 0. The van der Waals surface area contributed by atoms with Gasteiger partial charge in [0.15, 0.2) is 0 Å². The van der Waals surface area contributed by atoms with Crippen LogP contribution in [0.5, 0.6) is 0 Å². The lowest BCUT2D eigenvalue weighted by molar-refractivity contribution is -0.125. The zero-order chi connectivity index (χ0) is 12.7. The SMILES string of the molecule is CCC(NC(=O)C(NC)C(C)C)C(O)CF. The van der Waals surface area contributed by atoms with Crippen molar-refractivity contribution in [2.24, 2.45) is 5.92 Å². The molecule has 0 bridgehead atoms. The summed E-state index contributed by atoms with van der Waals surface area (Å²) in [6.45, 7) is 4.80. The maximum absolute atomic E-state index is 12.3. The van der Waals surface area contributed by atoms with Gasteiger partial charge in [-0.3, -0.25) is 4.79 Å². The van der Waals surface area contributed by atoms with E-state index in [1.165, 1.54) is 0 Å². The largest absolute Gasteiger partial charge is 0.388 e. The van der Waals surface area contributed by atoms with Crippen LogP contribution in [0.3, 0.4) is 0 Å². The molecule has 0 fully saturated rings. The van der Waals surface area contributed by atoms with E-state index in [2.05, 4.69) is 10.6 Å². The number of rotatable bonds is 7. The van der Waals surface area contributed by atoms with Crippen LogP contribution in [0.2, 0.25) is 0 Å². The Morgan fingerprint density at radius 2 is 2.00 bits per heavy atom. The van der Waals surface area contributed by atoms with Gasteiger partial charge in [0.1, 0.15) is 12.8 Å². The van der Waals surface area contributed by atoms with Crippen LogP contribution in [0.1, 0.15) is 27.2 Å². The summed E-state index contributed by atoms with van der Waals surface area (Å²) in [5.74, 6) is -0.0538. The van der Waals surface area contributed by atoms with E-state index in [0.29, 0.717) is 6.42 Å². The van der Waals surface area contributed by atoms with Crippen molar-refractivity contribution < 1.29 is 14.3 Å². The van der Waals surface area contributed by atoms with E-state index >= 15 is 0 Å².